The number of carbonyl (C=O) groups excluding carboxylic acids is 2. The number of benzene rings is 3. The molecule has 0 atom stereocenters. The highest BCUT2D eigenvalue weighted by Gasteiger charge is 2.31. The monoisotopic (exact) mass is 412 g/mol. The number of nitrogens with zero attached hydrogens (tertiary/aromatic N) is 1. The average molecular weight is 413 g/mol. The van der Waals surface area contributed by atoms with Gasteiger partial charge < -0.3 is 10.2 Å². The summed E-state index contributed by atoms with van der Waals surface area (Å²) in [6.45, 7) is 1.53. The molecule has 1 aliphatic heterocycles. The van der Waals surface area contributed by atoms with Crippen LogP contribution in [0.1, 0.15) is 41.6 Å². The summed E-state index contributed by atoms with van der Waals surface area (Å²) in [7, 11) is 0. The number of nitrogens with one attached hydrogen (secondary N) is 1. The predicted octanol–water partition coefficient (Wildman–Crippen LogP) is 5.28. The number of amides is 2. The number of carbonyl (C=O) groups is 2. The van der Waals surface area contributed by atoms with Gasteiger partial charge >= 0.3 is 0 Å². The smallest absolute Gasteiger partial charge is 0.255 e. The van der Waals surface area contributed by atoms with Crippen LogP contribution >= 0.6 is 0 Å². The van der Waals surface area contributed by atoms with Gasteiger partial charge in [-0.05, 0) is 66.5 Å². The number of rotatable bonds is 5. The van der Waals surface area contributed by atoms with E-state index in [0.29, 0.717) is 17.2 Å². The van der Waals surface area contributed by atoms with Gasteiger partial charge in [0, 0.05) is 19.0 Å². The quantitative estimate of drug-likeness (QED) is 0.620. The first-order chi connectivity index (χ1) is 15.2. The van der Waals surface area contributed by atoms with Crippen molar-refractivity contribution in [3.8, 4) is 0 Å². The number of anilines is 1. The minimum Gasteiger partial charge on any atom is -0.339 e. The predicted molar refractivity (Wildman–Crippen MR) is 124 cm³/mol. The fourth-order valence-corrected chi connectivity index (χ4v) is 4.56. The molecule has 31 heavy (non-hydrogen) atoms. The molecular weight excluding hydrogens is 384 g/mol. The summed E-state index contributed by atoms with van der Waals surface area (Å²) in [6.07, 6.45) is 4.98. The van der Waals surface area contributed by atoms with E-state index < -0.39 is 0 Å². The van der Waals surface area contributed by atoms with Crippen LogP contribution in [0.4, 0.5) is 5.69 Å². The van der Waals surface area contributed by atoms with Crippen LogP contribution in [0.5, 0.6) is 0 Å². The van der Waals surface area contributed by atoms with E-state index in [1.165, 1.54) is 5.56 Å². The van der Waals surface area contributed by atoms with Crippen molar-refractivity contribution in [3.05, 3.63) is 77.9 Å². The van der Waals surface area contributed by atoms with Gasteiger partial charge in [-0.2, -0.15) is 0 Å². The van der Waals surface area contributed by atoms with Crippen molar-refractivity contribution < 1.29 is 9.59 Å². The summed E-state index contributed by atoms with van der Waals surface area (Å²) in [6, 6.07) is 22.5. The van der Waals surface area contributed by atoms with Crippen molar-refractivity contribution in [1.82, 2.24) is 4.90 Å². The molecule has 3 aromatic carbocycles. The number of piperidine rings is 1. The second kappa shape index (κ2) is 8.54. The van der Waals surface area contributed by atoms with Gasteiger partial charge in [-0.15, -0.1) is 0 Å². The lowest BCUT2D eigenvalue weighted by Gasteiger charge is -2.32. The number of likely N-dealkylation sites (tertiary alicyclic amines) is 1. The van der Waals surface area contributed by atoms with E-state index in [9.17, 15) is 9.59 Å². The Morgan fingerprint density at radius 1 is 0.839 bits per heavy atom. The highest BCUT2D eigenvalue weighted by atomic mass is 16.2. The van der Waals surface area contributed by atoms with Crippen molar-refractivity contribution in [2.24, 2.45) is 11.8 Å². The third kappa shape index (κ3) is 4.48. The fourth-order valence-electron chi connectivity index (χ4n) is 4.56. The fraction of sp³-hybridized carbons (Fsp3) is 0.333. The molecular formula is C27H28N2O2. The summed E-state index contributed by atoms with van der Waals surface area (Å²) in [5, 5.41) is 5.10. The molecule has 158 valence electrons. The van der Waals surface area contributed by atoms with Gasteiger partial charge in [-0.3, -0.25) is 9.59 Å². The molecule has 5 rings (SSSR count). The van der Waals surface area contributed by atoms with Crippen molar-refractivity contribution in [2.45, 2.75) is 32.1 Å². The Hall–Kier alpha value is -3.14. The third-order valence-electron chi connectivity index (χ3n) is 6.59. The molecule has 1 aliphatic carbocycles. The Balaban J connectivity index is 1.33. The zero-order valence-corrected chi connectivity index (χ0v) is 17.7. The van der Waals surface area contributed by atoms with Crippen LogP contribution in [0.3, 0.4) is 0 Å². The zero-order valence-electron chi connectivity index (χ0n) is 17.7. The van der Waals surface area contributed by atoms with Gasteiger partial charge in [0.2, 0.25) is 5.91 Å². The average Bonchev–Trinajstić information content (AvgIpc) is 3.65. The molecule has 4 heteroatoms. The maximum atomic E-state index is 13.5. The van der Waals surface area contributed by atoms with Crippen LogP contribution in [-0.4, -0.2) is 29.8 Å². The summed E-state index contributed by atoms with van der Waals surface area (Å²) in [5.41, 5.74) is 2.62. The van der Waals surface area contributed by atoms with Gasteiger partial charge in [-0.25, -0.2) is 0 Å². The molecule has 0 bridgehead atoms. The Kier molecular flexibility index (Phi) is 5.46. The van der Waals surface area contributed by atoms with Crippen LogP contribution in [0.25, 0.3) is 10.8 Å². The van der Waals surface area contributed by atoms with Crippen molar-refractivity contribution in [3.63, 3.8) is 0 Å². The zero-order chi connectivity index (χ0) is 21.2. The van der Waals surface area contributed by atoms with Crippen LogP contribution < -0.4 is 5.32 Å². The number of hydrogen-bond donors (Lipinski definition) is 1. The molecule has 1 saturated carbocycles. The summed E-state index contributed by atoms with van der Waals surface area (Å²) < 4.78 is 0. The maximum Gasteiger partial charge on any atom is 0.255 e. The van der Waals surface area contributed by atoms with Gasteiger partial charge in [-0.1, -0.05) is 54.6 Å². The standard InChI is InChI=1S/C27H28N2O2/c30-26(21-10-11-21)28-25-18-23-9-5-4-8-22(23)17-24(25)27(31)29-14-12-20(13-15-29)16-19-6-2-1-3-7-19/h1-9,17-18,20-21H,10-16H2,(H,28,30). The van der Waals surface area contributed by atoms with Crippen LogP contribution in [0.15, 0.2) is 66.7 Å². The molecule has 1 N–H and O–H groups in total. The Morgan fingerprint density at radius 2 is 1.48 bits per heavy atom. The molecule has 4 nitrogen and oxygen atoms in total. The first-order valence-corrected chi connectivity index (χ1v) is 11.3. The Bertz CT molecular complexity index is 1100. The lowest BCUT2D eigenvalue weighted by molar-refractivity contribution is -0.117. The molecule has 0 unspecified atom stereocenters. The van der Waals surface area contributed by atoms with Crippen molar-refractivity contribution in [2.75, 3.05) is 18.4 Å². The molecule has 0 spiro atoms. The first kappa shape index (κ1) is 19.8. The second-order valence-electron chi connectivity index (χ2n) is 8.93. The summed E-state index contributed by atoms with van der Waals surface area (Å²) in [5.74, 6) is 0.765. The highest BCUT2D eigenvalue weighted by molar-refractivity contribution is 6.08. The van der Waals surface area contributed by atoms with Gasteiger partial charge in [0.15, 0.2) is 0 Å². The summed E-state index contributed by atoms with van der Waals surface area (Å²) in [4.78, 5) is 27.9. The van der Waals surface area contributed by atoms with Gasteiger partial charge in [0.25, 0.3) is 5.91 Å². The Morgan fingerprint density at radius 3 is 2.16 bits per heavy atom. The van der Waals surface area contributed by atoms with Crippen LogP contribution in [-0.2, 0) is 11.2 Å². The lowest BCUT2D eigenvalue weighted by Crippen LogP contribution is -2.39. The third-order valence-corrected chi connectivity index (χ3v) is 6.59. The number of hydrogen-bond acceptors (Lipinski definition) is 2. The Labute approximate surface area is 183 Å². The van der Waals surface area contributed by atoms with E-state index in [4.69, 9.17) is 0 Å². The molecule has 2 aliphatic rings. The van der Waals surface area contributed by atoms with E-state index >= 15 is 0 Å². The molecule has 2 fully saturated rings. The van der Waals surface area contributed by atoms with Crippen molar-refractivity contribution in [1.29, 1.82) is 0 Å². The minimum atomic E-state index is 0.0232. The first-order valence-electron chi connectivity index (χ1n) is 11.3. The number of fused-ring (bicyclic) bond motifs is 1. The van der Waals surface area contributed by atoms with E-state index in [2.05, 4.69) is 29.6 Å². The van der Waals surface area contributed by atoms with Crippen LogP contribution in [0, 0.1) is 11.8 Å². The molecule has 1 heterocycles. The highest BCUT2D eigenvalue weighted by Crippen LogP contribution is 2.33. The van der Waals surface area contributed by atoms with Gasteiger partial charge in [0.1, 0.15) is 0 Å². The molecule has 2 amide bonds. The molecule has 1 saturated heterocycles. The SMILES string of the molecule is O=C(Nc1cc2ccccc2cc1C(=O)N1CCC(Cc2ccccc2)CC1)C1CC1. The van der Waals surface area contributed by atoms with E-state index in [-0.39, 0.29) is 17.7 Å². The minimum absolute atomic E-state index is 0.0232. The second-order valence-corrected chi connectivity index (χ2v) is 8.93. The van der Waals surface area contributed by atoms with E-state index in [1.54, 1.807) is 0 Å². The van der Waals surface area contributed by atoms with Crippen molar-refractivity contribution >= 4 is 28.3 Å². The lowest BCUT2D eigenvalue weighted by atomic mass is 9.90. The summed E-state index contributed by atoms with van der Waals surface area (Å²) >= 11 is 0. The molecule has 0 aromatic heterocycles. The van der Waals surface area contributed by atoms with Gasteiger partial charge in [0.05, 0.1) is 11.3 Å². The molecule has 3 aromatic rings. The van der Waals surface area contributed by atoms with E-state index in [1.807, 2.05) is 47.4 Å². The van der Waals surface area contributed by atoms with Crippen LogP contribution in [0.2, 0.25) is 0 Å². The maximum absolute atomic E-state index is 13.5. The molecule has 0 radical (unpaired) electrons. The van der Waals surface area contributed by atoms with E-state index in [0.717, 1.165) is 56.0 Å². The largest absolute Gasteiger partial charge is 0.339 e. The normalized spacial score (nSPS) is 17.0. The topological polar surface area (TPSA) is 49.4 Å².